The zero-order valence-corrected chi connectivity index (χ0v) is 10.8. The summed E-state index contributed by atoms with van der Waals surface area (Å²) in [6.07, 6.45) is -0.163. The summed E-state index contributed by atoms with van der Waals surface area (Å²) < 4.78 is 19.9. The predicted molar refractivity (Wildman–Crippen MR) is 74.6 cm³/mol. The topological polar surface area (TPSA) is 21.3 Å². The van der Waals surface area contributed by atoms with Gasteiger partial charge in [-0.3, -0.25) is 0 Å². The minimum atomic E-state index is -1.13. The van der Waals surface area contributed by atoms with Crippen LogP contribution in [-0.4, -0.2) is 13.7 Å². The van der Waals surface area contributed by atoms with Crippen molar-refractivity contribution in [2.45, 2.75) is 12.6 Å². The number of hydrogen-bond acceptors (Lipinski definition) is 2. The molecule has 1 aliphatic heterocycles. The van der Waals surface area contributed by atoms with Gasteiger partial charge in [-0.2, -0.15) is 0 Å². The van der Waals surface area contributed by atoms with Gasteiger partial charge in [0.15, 0.2) is 6.17 Å². The van der Waals surface area contributed by atoms with Crippen LogP contribution in [0.2, 0.25) is 0 Å². The van der Waals surface area contributed by atoms with Crippen LogP contribution in [0.25, 0.3) is 0 Å². The molecule has 3 heteroatoms. The number of fused-ring (bicyclic) bond motifs is 1. The molecule has 2 aromatic rings. The zero-order valence-electron chi connectivity index (χ0n) is 10.8. The Kier molecular flexibility index (Phi) is 3.11. The van der Waals surface area contributed by atoms with E-state index < -0.39 is 6.17 Å². The number of hydrogen-bond donors (Lipinski definition) is 1. The van der Waals surface area contributed by atoms with Gasteiger partial charge in [0, 0.05) is 17.8 Å². The smallest absolute Gasteiger partial charge is 0.152 e. The summed E-state index contributed by atoms with van der Waals surface area (Å²) in [4.78, 5) is 0. The van der Waals surface area contributed by atoms with Crippen LogP contribution in [0.15, 0.2) is 42.5 Å². The average Bonchev–Trinajstić information content (AvgIpc) is 2.95. The lowest BCUT2D eigenvalue weighted by Crippen LogP contribution is -2.00. The van der Waals surface area contributed by atoms with E-state index in [1.54, 1.807) is 19.2 Å². The Balaban J connectivity index is 2.00. The van der Waals surface area contributed by atoms with E-state index in [4.69, 9.17) is 4.74 Å². The van der Waals surface area contributed by atoms with Crippen molar-refractivity contribution in [2.75, 3.05) is 19.0 Å². The standard InChI is InChI=1S/C16H16FNO/c1-19-13-6-2-5-12(10-13)15(17)14-7-3-4-11-8-9-18-16(11)14/h2-7,10,15,18H,8-9H2,1H3. The third kappa shape index (κ3) is 2.16. The van der Waals surface area contributed by atoms with E-state index >= 15 is 0 Å². The highest BCUT2D eigenvalue weighted by atomic mass is 19.1. The van der Waals surface area contributed by atoms with Gasteiger partial charge in [-0.25, -0.2) is 4.39 Å². The summed E-state index contributed by atoms with van der Waals surface area (Å²) in [6.45, 7) is 0.886. The van der Waals surface area contributed by atoms with Gasteiger partial charge >= 0.3 is 0 Å². The van der Waals surface area contributed by atoms with Crippen molar-refractivity contribution in [3.05, 3.63) is 59.2 Å². The lowest BCUT2D eigenvalue weighted by atomic mass is 9.98. The molecule has 0 aliphatic carbocycles. The van der Waals surface area contributed by atoms with E-state index in [1.807, 2.05) is 24.3 Å². The van der Waals surface area contributed by atoms with Crippen LogP contribution < -0.4 is 10.1 Å². The van der Waals surface area contributed by atoms with E-state index in [0.29, 0.717) is 16.9 Å². The second kappa shape index (κ2) is 4.92. The van der Waals surface area contributed by atoms with E-state index in [9.17, 15) is 4.39 Å². The number of ether oxygens (including phenoxy) is 1. The fraction of sp³-hybridized carbons (Fsp3) is 0.250. The molecular formula is C16H16FNO. The van der Waals surface area contributed by atoms with Crippen LogP contribution in [-0.2, 0) is 6.42 Å². The molecule has 1 heterocycles. The summed E-state index contributed by atoms with van der Waals surface area (Å²) in [7, 11) is 1.59. The number of nitrogens with one attached hydrogen (secondary N) is 1. The minimum Gasteiger partial charge on any atom is -0.497 e. The highest BCUT2D eigenvalue weighted by molar-refractivity contribution is 5.63. The lowest BCUT2D eigenvalue weighted by Gasteiger charge is -2.14. The molecule has 2 aromatic carbocycles. The molecule has 0 fully saturated rings. The van der Waals surface area contributed by atoms with Crippen molar-refractivity contribution in [1.82, 2.24) is 0 Å². The van der Waals surface area contributed by atoms with E-state index in [2.05, 4.69) is 11.4 Å². The third-order valence-corrected chi connectivity index (χ3v) is 3.54. The van der Waals surface area contributed by atoms with Crippen molar-refractivity contribution >= 4 is 5.69 Å². The SMILES string of the molecule is COc1cccc(C(F)c2cccc3c2NCC3)c1. The first-order valence-corrected chi connectivity index (χ1v) is 6.43. The summed E-state index contributed by atoms with van der Waals surface area (Å²) in [5, 5.41) is 3.28. The predicted octanol–water partition coefficient (Wildman–Crippen LogP) is 3.72. The zero-order chi connectivity index (χ0) is 13.2. The molecule has 1 aliphatic rings. The second-order valence-corrected chi connectivity index (χ2v) is 4.70. The third-order valence-electron chi connectivity index (χ3n) is 3.54. The first kappa shape index (κ1) is 12.0. The molecule has 0 aromatic heterocycles. The van der Waals surface area contributed by atoms with Crippen molar-refractivity contribution in [1.29, 1.82) is 0 Å². The average molecular weight is 257 g/mol. The summed E-state index contributed by atoms with van der Waals surface area (Å²) >= 11 is 0. The van der Waals surface area contributed by atoms with Gasteiger partial charge in [-0.05, 0) is 29.7 Å². The highest BCUT2D eigenvalue weighted by Gasteiger charge is 2.21. The number of anilines is 1. The van der Waals surface area contributed by atoms with Gasteiger partial charge in [0.05, 0.1) is 7.11 Å². The summed E-state index contributed by atoms with van der Waals surface area (Å²) in [5.74, 6) is 0.681. The van der Waals surface area contributed by atoms with Crippen LogP contribution in [0.4, 0.5) is 10.1 Å². The summed E-state index contributed by atoms with van der Waals surface area (Å²) in [6, 6.07) is 13.0. The largest absolute Gasteiger partial charge is 0.497 e. The van der Waals surface area contributed by atoms with Gasteiger partial charge < -0.3 is 10.1 Å². The maximum Gasteiger partial charge on any atom is 0.152 e. The van der Waals surface area contributed by atoms with Crippen LogP contribution >= 0.6 is 0 Å². The Hall–Kier alpha value is -2.03. The second-order valence-electron chi connectivity index (χ2n) is 4.70. The van der Waals surface area contributed by atoms with Crippen molar-refractivity contribution in [2.24, 2.45) is 0 Å². The van der Waals surface area contributed by atoms with Crippen LogP contribution in [0.5, 0.6) is 5.75 Å². The van der Waals surface area contributed by atoms with Gasteiger partial charge in [-0.15, -0.1) is 0 Å². The number of benzene rings is 2. The Morgan fingerprint density at radius 1 is 1.21 bits per heavy atom. The Labute approximate surface area is 112 Å². The molecule has 3 rings (SSSR count). The Morgan fingerprint density at radius 2 is 2.05 bits per heavy atom. The van der Waals surface area contributed by atoms with Crippen molar-refractivity contribution in [3.8, 4) is 5.75 Å². The van der Waals surface area contributed by atoms with E-state index in [-0.39, 0.29) is 0 Å². The minimum absolute atomic E-state index is 0.626. The molecule has 2 nitrogen and oxygen atoms in total. The van der Waals surface area contributed by atoms with Gasteiger partial charge in [0.25, 0.3) is 0 Å². The highest BCUT2D eigenvalue weighted by Crippen LogP contribution is 2.36. The number of alkyl halides is 1. The molecule has 0 radical (unpaired) electrons. The van der Waals surface area contributed by atoms with Gasteiger partial charge in [0.1, 0.15) is 5.75 Å². The fourth-order valence-electron chi connectivity index (χ4n) is 2.56. The monoisotopic (exact) mass is 257 g/mol. The first-order chi connectivity index (χ1) is 9.29. The molecule has 1 unspecified atom stereocenters. The molecule has 1 atom stereocenters. The number of methoxy groups -OCH3 is 1. The maximum absolute atomic E-state index is 14.7. The molecule has 0 saturated carbocycles. The molecule has 0 spiro atoms. The molecular weight excluding hydrogens is 241 g/mol. The Morgan fingerprint density at radius 3 is 2.89 bits per heavy atom. The molecule has 0 saturated heterocycles. The normalized spacial score (nSPS) is 14.6. The Bertz CT molecular complexity index is 597. The van der Waals surface area contributed by atoms with Crippen LogP contribution in [0, 0.1) is 0 Å². The van der Waals surface area contributed by atoms with Gasteiger partial charge in [-0.1, -0.05) is 30.3 Å². The van der Waals surface area contributed by atoms with Crippen LogP contribution in [0.3, 0.4) is 0 Å². The number of rotatable bonds is 3. The molecule has 19 heavy (non-hydrogen) atoms. The molecule has 98 valence electrons. The number of para-hydroxylation sites is 1. The first-order valence-electron chi connectivity index (χ1n) is 6.43. The van der Waals surface area contributed by atoms with Crippen molar-refractivity contribution in [3.63, 3.8) is 0 Å². The van der Waals surface area contributed by atoms with Crippen LogP contribution in [0.1, 0.15) is 22.9 Å². The van der Waals surface area contributed by atoms with Gasteiger partial charge in [0.2, 0.25) is 0 Å². The quantitative estimate of drug-likeness (QED) is 0.904. The van der Waals surface area contributed by atoms with Crippen molar-refractivity contribution < 1.29 is 9.13 Å². The number of halogens is 1. The molecule has 1 N–H and O–H groups in total. The lowest BCUT2D eigenvalue weighted by molar-refractivity contribution is 0.393. The van der Waals surface area contributed by atoms with E-state index in [0.717, 1.165) is 18.7 Å². The summed E-state index contributed by atoms with van der Waals surface area (Å²) in [5.41, 5.74) is 3.49. The van der Waals surface area contributed by atoms with E-state index in [1.165, 1.54) is 5.56 Å². The maximum atomic E-state index is 14.7. The molecule has 0 bridgehead atoms. The fourth-order valence-corrected chi connectivity index (χ4v) is 2.56. The molecule has 0 amide bonds.